The van der Waals surface area contributed by atoms with Gasteiger partial charge in [0.1, 0.15) is 6.54 Å². The number of halogens is 2. The molecule has 2 bridgehead atoms. The highest BCUT2D eigenvalue weighted by Crippen LogP contribution is 2.60. The number of aryl methyl sites for hydroxylation is 2. The third-order valence-corrected chi connectivity index (χ3v) is 9.85. The molecule has 3 fully saturated rings. The summed E-state index contributed by atoms with van der Waals surface area (Å²) in [7, 11) is 0. The number of rotatable bonds is 5. The Bertz CT molecular complexity index is 789. The van der Waals surface area contributed by atoms with Gasteiger partial charge in [0.15, 0.2) is 0 Å². The van der Waals surface area contributed by atoms with Gasteiger partial charge in [-0.05, 0) is 42.2 Å². The Kier molecular flexibility index (Phi) is 5.42. The molecule has 1 aromatic carbocycles. The highest BCUT2D eigenvalue weighted by Gasteiger charge is 2.66. The number of alkyl halides is 2. The number of carbonyl (C=O) groups is 3. The maximum absolute atomic E-state index is 13.0. The van der Waals surface area contributed by atoms with E-state index < -0.39 is 0 Å². The van der Waals surface area contributed by atoms with Crippen molar-refractivity contribution in [1.29, 1.82) is 0 Å². The Morgan fingerprint density at radius 3 is 2.00 bits per heavy atom. The first kappa shape index (κ1) is 20.1. The van der Waals surface area contributed by atoms with Gasteiger partial charge in [0.2, 0.25) is 17.7 Å². The van der Waals surface area contributed by atoms with Crippen molar-refractivity contribution >= 4 is 55.3 Å². The quantitative estimate of drug-likeness (QED) is 0.485. The molecule has 0 radical (unpaired) electrons. The van der Waals surface area contributed by atoms with E-state index in [4.69, 9.17) is 0 Å². The van der Waals surface area contributed by atoms with Crippen LogP contribution in [-0.2, 0) is 27.2 Å². The Morgan fingerprint density at radius 1 is 1.04 bits per heavy atom. The summed E-state index contributed by atoms with van der Waals surface area (Å²) in [6, 6.07) is 5.98. The Labute approximate surface area is 181 Å². The highest BCUT2D eigenvalue weighted by atomic mass is 79.9. The zero-order valence-electron chi connectivity index (χ0n) is 16.0. The Balaban J connectivity index is 1.51. The van der Waals surface area contributed by atoms with E-state index in [2.05, 4.69) is 37.2 Å². The molecule has 6 atom stereocenters. The molecule has 1 aromatic rings. The first-order valence-corrected chi connectivity index (χ1v) is 11.8. The monoisotopic (exact) mass is 510 g/mol. The summed E-state index contributed by atoms with van der Waals surface area (Å²) in [6.45, 7) is 3.88. The predicted molar refractivity (Wildman–Crippen MR) is 115 cm³/mol. The minimum atomic E-state index is -0.310. The smallest absolute Gasteiger partial charge is 0.244 e. The van der Waals surface area contributed by atoms with Crippen molar-refractivity contribution in [2.45, 2.75) is 42.8 Å². The van der Waals surface area contributed by atoms with E-state index >= 15 is 0 Å². The van der Waals surface area contributed by atoms with Crippen LogP contribution in [-0.4, -0.2) is 38.8 Å². The number of nitrogens with zero attached hydrogens (tertiary/aromatic N) is 1. The molecule has 150 valence electrons. The lowest BCUT2D eigenvalue weighted by atomic mass is 9.81. The number of anilines is 1. The number of hydrogen-bond donors (Lipinski definition) is 1. The molecular weight excluding hydrogens is 488 g/mol. The summed E-state index contributed by atoms with van der Waals surface area (Å²) in [6.07, 6.45) is 2.50. The average Bonchev–Trinajstić information content (AvgIpc) is 3.29. The highest BCUT2D eigenvalue weighted by molar-refractivity contribution is 9.12. The van der Waals surface area contributed by atoms with E-state index in [1.807, 2.05) is 32.0 Å². The average molecular weight is 512 g/mol. The maximum Gasteiger partial charge on any atom is 0.244 e. The van der Waals surface area contributed by atoms with Crippen LogP contribution in [0.1, 0.15) is 31.4 Å². The van der Waals surface area contributed by atoms with Crippen LogP contribution in [0.5, 0.6) is 0 Å². The van der Waals surface area contributed by atoms with Crippen LogP contribution < -0.4 is 5.32 Å². The van der Waals surface area contributed by atoms with Gasteiger partial charge in [-0.2, -0.15) is 0 Å². The van der Waals surface area contributed by atoms with Crippen molar-refractivity contribution in [2.24, 2.45) is 23.7 Å². The summed E-state index contributed by atoms with van der Waals surface area (Å²) in [4.78, 5) is 40.3. The van der Waals surface area contributed by atoms with Crippen molar-refractivity contribution in [2.75, 3.05) is 11.9 Å². The number of para-hydroxylation sites is 1. The summed E-state index contributed by atoms with van der Waals surface area (Å²) in [5.74, 6) is -0.902. The van der Waals surface area contributed by atoms with Gasteiger partial charge in [-0.1, -0.05) is 63.9 Å². The van der Waals surface area contributed by atoms with Gasteiger partial charge >= 0.3 is 0 Å². The van der Waals surface area contributed by atoms with Gasteiger partial charge in [0.25, 0.3) is 0 Å². The van der Waals surface area contributed by atoms with Gasteiger partial charge in [-0.15, -0.1) is 0 Å². The third-order valence-electron chi connectivity index (χ3n) is 6.64. The normalized spacial score (nSPS) is 33.5. The number of carbonyl (C=O) groups excluding carboxylic acids is 3. The van der Waals surface area contributed by atoms with Crippen LogP contribution in [0.15, 0.2) is 18.2 Å². The fourth-order valence-electron chi connectivity index (χ4n) is 5.29. The van der Waals surface area contributed by atoms with Gasteiger partial charge in [-0.3, -0.25) is 19.3 Å². The number of amides is 3. The van der Waals surface area contributed by atoms with Gasteiger partial charge in [-0.25, -0.2) is 0 Å². The Hall–Kier alpha value is -1.21. The van der Waals surface area contributed by atoms with E-state index in [1.54, 1.807) is 0 Å². The molecular formula is C21H24Br2N2O3. The van der Waals surface area contributed by atoms with E-state index in [9.17, 15) is 14.4 Å². The lowest BCUT2D eigenvalue weighted by molar-refractivity contribution is -0.143. The molecule has 4 rings (SSSR count). The lowest BCUT2D eigenvalue weighted by Gasteiger charge is -2.28. The summed E-state index contributed by atoms with van der Waals surface area (Å²) in [5.41, 5.74) is 2.94. The minimum absolute atomic E-state index is 0.163. The summed E-state index contributed by atoms with van der Waals surface area (Å²) < 4.78 is 0. The second-order valence-electron chi connectivity index (χ2n) is 7.97. The van der Waals surface area contributed by atoms with E-state index in [1.165, 1.54) is 4.90 Å². The van der Waals surface area contributed by atoms with Crippen LogP contribution in [0.25, 0.3) is 0 Å². The van der Waals surface area contributed by atoms with E-state index in [-0.39, 0.29) is 57.6 Å². The number of imide groups is 1. The second kappa shape index (κ2) is 7.56. The molecule has 3 aliphatic rings. The molecule has 1 aliphatic heterocycles. The zero-order chi connectivity index (χ0) is 20.2. The van der Waals surface area contributed by atoms with Gasteiger partial charge in [0, 0.05) is 15.3 Å². The van der Waals surface area contributed by atoms with Crippen LogP contribution >= 0.6 is 31.9 Å². The fraction of sp³-hybridized carbons (Fsp3) is 0.571. The van der Waals surface area contributed by atoms with Gasteiger partial charge < -0.3 is 5.32 Å². The molecule has 1 saturated heterocycles. The molecule has 5 nitrogen and oxygen atoms in total. The number of hydrogen-bond acceptors (Lipinski definition) is 3. The van der Waals surface area contributed by atoms with Crippen LogP contribution in [0.3, 0.4) is 0 Å². The van der Waals surface area contributed by atoms with E-state index in [0.717, 1.165) is 36.1 Å². The second-order valence-corrected chi connectivity index (χ2v) is 10.1. The van der Waals surface area contributed by atoms with Crippen molar-refractivity contribution in [3.05, 3.63) is 29.3 Å². The number of likely N-dealkylation sites (tertiary alicyclic amines) is 1. The van der Waals surface area contributed by atoms with Crippen molar-refractivity contribution in [3.63, 3.8) is 0 Å². The molecule has 2 saturated carbocycles. The van der Waals surface area contributed by atoms with Crippen molar-refractivity contribution in [1.82, 2.24) is 4.90 Å². The molecule has 3 amide bonds. The molecule has 2 aliphatic carbocycles. The van der Waals surface area contributed by atoms with Crippen molar-refractivity contribution < 1.29 is 14.4 Å². The number of nitrogens with one attached hydrogen (secondary N) is 1. The molecule has 1 N–H and O–H groups in total. The SMILES string of the molecule is CCc1cccc(CC)c1NC(=O)CN1C(=O)[C@H]2[C@@H]3C[C@H]([C@@H](Br)[C@H]3Br)[C@@H]2C1=O. The summed E-state index contributed by atoms with van der Waals surface area (Å²) in [5, 5.41) is 2.97. The topological polar surface area (TPSA) is 66.5 Å². The Morgan fingerprint density at radius 2 is 1.54 bits per heavy atom. The van der Waals surface area contributed by atoms with Crippen LogP contribution in [0, 0.1) is 23.7 Å². The molecule has 0 spiro atoms. The molecule has 0 aromatic heterocycles. The lowest BCUT2D eigenvalue weighted by Crippen LogP contribution is -2.39. The van der Waals surface area contributed by atoms with Gasteiger partial charge in [0.05, 0.1) is 11.8 Å². The predicted octanol–water partition coefficient (Wildman–Crippen LogP) is 3.53. The standard InChI is InChI=1S/C21H24Br2N2O3/c1-3-10-6-5-7-11(4-2)19(10)24-14(26)9-25-20(27)15-12-8-13(16(15)21(25)28)18(23)17(12)22/h5-7,12-13,15-18H,3-4,8-9H2,1-2H3,(H,24,26)/t12-,13-,15-,16-,17-,18+/m0/s1. The number of fused-ring (bicyclic) bond motifs is 5. The van der Waals surface area contributed by atoms with Crippen LogP contribution in [0.2, 0.25) is 0 Å². The molecule has 7 heteroatoms. The fourth-order valence-corrected chi connectivity index (χ4v) is 7.17. The summed E-state index contributed by atoms with van der Waals surface area (Å²) >= 11 is 7.37. The molecule has 28 heavy (non-hydrogen) atoms. The number of benzene rings is 1. The minimum Gasteiger partial charge on any atom is -0.324 e. The molecule has 1 heterocycles. The first-order valence-electron chi connectivity index (χ1n) is 9.92. The molecule has 0 unspecified atom stereocenters. The van der Waals surface area contributed by atoms with Crippen molar-refractivity contribution in [3.8, 4) is 0 Å². The third kappa shape index (κ3) is 2.96. The van der Waals surface area contributed by atoms with Crippen LogP contribution in [0.4, 0.5) is 5.69 Å². The largest absolute Gasteiger partial charge is 0.324 e. The first-order chi connectivity index (χ1) is 13.4. The maximum atomic E-state index is 13.0. The zero-order valence-corrected chi connectivity index (χ0v) is 19.1. The van der Waals surface area contributed by atoms with E-state index in [0.29, 0.717) is 0 Å².